The van der Waals surface area contributed by atoms with Crippen LogP contribution in [0.2, 0.25) is 19.6 Å². The van der Waals surface area contributed by atoms with Crippen molar-refractivity contribution >= 4 is 71.4 Å². The molecule has 0 amide bonds. The molecule has 1 aliphatic carbocycles. The lowest BCUT2D eigenvalue weighted by Crippen LogP contribution is -2.81. The largest absolute Gasteiger partial charge is 0.508 e. The number of hydrogen-bond donors (Lipinski definition) is 1. The van der Waals surface area contributed by atoms with E-state index in [4.69, 9.17) is 4.74 Å². The van der Waals surface area contributed by atoms with Crippen LogP contribution in [0.5, 0.6) is 17.2 Å². The summed E-state index contributed by atoms with van der Waals surface area (Å²) < 4.78 is 7.00. The van der Waals surface area contributed by atoms with Crippen LogP contribution in [-0.4, -0.2) is 28.0 Å². The first kappa shape index (κ1) is 28.0. The van der Waals surface area contributed by atoms with E-state index >= 15 is 0 Å². The van der Waals surface area contributed by atoms with Crippen molar-refractivity contribution in [1.82, 2.24) is 0 Å². The molecule has 0 spiro atoms. The second-order valence-corrected chi connectivity index (χ2v) is 22.7. The van der Waals surface area contributed by atoms with Crippen molar-refractivity contribution in [2.45, 2.75) is 52.2 Å². The summed E-state index contributed by atoms with van der Waals surface area (Å²) in [5.41, 5.74) is 8.92. The minimum atomic E-state index is -2.40. The van der Waals surface area contributed by atoms with Crippen molar-refractivity contribution in [2.75, 3.05) is 4.90 Å². The third-order valence-corrected chi connectivity index (χ3v) is 19.7. The van der Waals surface area contributed by atoms with Crippen LogP contribution in [0.1, 0.15) is 31.2 Å². The fraction of sp³-hybridized carbons (Fsp3) is 0.200. The van der Waals surface area contributed by atoms with Crippen LogP contribution in [0.25, 0.3) is 0 Å². The number of fused-ring (bicyclic) bond motifs is 5. The zero-order chi connectivity index (χ0) is 31.4. The molecule has 0 radical (unpaired) electrons. The van der Waals surface area contributed by atoms with E-state index < -0.39 is 16.1 Å². The highest BCUT2D eigenvalue weighted by Crippen LogP contribution is 2.45. The first-order valence-electron chi connectivity index (χ1n) is 16.7. The second kappa shape index (κ2) is 9.87. The molecule has 0 fully saturated rings. The molecule has 226 valence electrons. The molecule has 0 aromatic heterocycles. The van der Waals surface area contributed by atoms with Crippen molar-refractivity contribution in [3.8, 4) is 17.2 Å². The SMILES string of the molecule is Cc1cc2c3c(c1)[Si](C)(c1ccccc1)c1ccc(O)cc1B3c1ccc(N3C4=C(CCCC4)[Si](C)(C)c4ccccc43)cc1O2. The summed E-state index contributed by atoms with van der Waals surface area (Å²) in [6.45, 7) is 9.74. The molecule has 5 aromatic rings. The van der Waals surface area contributed by atoms with E-state index in [1.807, 2.05) is 12.1 Å². The highest BCUT2D eigenvalue weighted by Gasteiger charge is 2.49. The van der Waals surface area contributed by atoms with Gasteiger partial charge in [-0.25, -0.2) is 0 Å². The number of ether oxygens (including phenoxy) is 1. The normalized spacial score (nSPS) is 20.2. The number of aromatic hydroxyl groups is 1. The number of anilines is 2. The molecule has 4 aliphatic rings. The molecule has 46 heavy (non-hydrogen) atoms. The highest BCUT2D eigenvalue weighted by atomic mass is 28.3. The minimum Gasteiger partial charge on any atom is -0.508 e. The monoisotopic (exact) mass is 631 g/mol. The first-order valence-corrected chi connectivity index (χ1v) is 22.2. The van der Waals surface area contributed by atoms with E-state index in [1.54, 1.807) is 5.20 Å². The molecule has 1 atom stereocenters. The minimum absolute atomic E-state index is 0.000716. The average molecular weight is 632 g/mol. The van der Waals surface area contributed by atoms with E-state index in [9.17, 15) is 5.11 Å². The van der Waals surface area contributed by atoms with Gasteiger partial charge in [0.05, 0.1) is 0 Å². The summed E-state index contributed by atoms with van der Waals surface area (Å²) >= 11 is 0. The van der Waals surface area contributed by atoms with Gasteiger partial charge in [0.2, 0.25) is 0 Å². The maximum Gasteiger partial charge on any atom is 0.250 e. The maximum absolute atomic E-state index is 10.9. The van der Waals surface area contributed by atoms with Gasteiger partial charge in [0.15, 0.2) is 0 Å². The van der Waals surface area contributed by atoms with Crippen LogP contribution in [0, 0.1) is 6.92 Å². The van der Waals surface area contributed by atoms with Crippen molar-refractivity contribution < 1.29 is 9.84 Å². The Labute approximate surface area is 274 Å². The number of allylic oxidation sites excluding steroid dienone is 2. The Balaban J connectivity index is 1.27. The third kappa shape index (κ3) is 3.77. The average Bonchev–Trinajstić information content (AvgIpc) is 3.06. The van der Waals surface area contributed by atoms with Gasteiger partial charge in [0.1, 0.15) is 33.4 Å². The Bertz CT molecular complexity index is 2120. The van der Waals surface area contributed by atoms with Gasteiger partial charge in [0, 0.05) is 23.1 Å². The molecule has 6 heteroatoms. The summed E-state index contributed by atoms with van der Waals surface area (Å²) in [6.07, 6.45) is 4.87. The van der Waals surface area contributed by atoms with Gasteiger partial charge < -0.3 is 14.7 Å². The van der Waals surface area contributed by atoms with Gasteiger partial charge in [-0.15, -0.1) is 0 Å². The van der Waals surface area contributed by atoms with E-state index in [2.05, 4.69) is 122 Å². The highest BCUT2D eigenvalue weighted by molar-refractivity contribution is 7.20. The summed E-state index contributed by atoms with van der Waals surface area (Å²) in [7, 11) is -4.14. The lowest BCUT2D eigenvalue weighted by molar-refractivity contribution is 0.476. The zero-order valence-corrected chi connectivity index (χ0v) is 29.0. The van der Waals surface area contributed by atoms with Gasteiger partial charge in [0.25, 0.3) is 6.71 Å². The standard InChI is InChI=1S/C40H38BNO2Si2/c1-26-22-35-40-39(23-26)46(4,29-12-6-5-7-13-29)36-21-19-28(43)25-31(36)41(40)30-20-18-27(24-34(30)44-35)42-32-14-8-10-16-37(32)45(2,3)38-17-11-9-15-33(38)42/h5-8,10,12-14,16,18-25,43H,9,11,15,17H2,1-4H3. The van der Waals surface area contributed by atoms with Gasteiger partial charge in [-0.3, -0.25) is 0 Å². The van der Waals surface area contributed by atoms with Crippen LogP contribution >= 0.6 is 0 Å². The molecule has 3 nitrogen and oxygen atoms in total. The molecular formula is C40H38BNO2Si2. The molecule has 3 heterocycles. The first-order chi connectivity index (χ1) is 22.3. The van der Waals surface area contributed by atoms with E-state index in [0.29, 0.717) is 5.75 Å². The summed E-state index contributed by atoms with van der Waals surface area (Å²) in [6, 6.07) is 37.8. The number of nitrogens with zero attached hydrogens (tertiary/aromatic N) is 1. The van der Waals surface area contributed by atoms with E-state index in [1.165, 1.54) is 79.0 Å². The van der Waals surface area contributed by atoms with E-state index in [0.717, 1.165) is 17.9 Å². The van der Waals surface area contributed by atoms with Crippen LogP contribution < -0.4 is 46.8 Å². The molecule has 1 N–H and O–H groups in total. The number of phenols is 1. The third-order valence-electron chi connectivity index (χ3n) is 11.4. The number of phenolic OH excluding ortho intramolecular Hbond substituents is 1. The fourth-order valence-electron chi connectivity index (χ4n) is 9.23. The van der Waals surface area contributed by atoms with Crippen molar-refractivity contribution in [3.63, 3.8) is 0 Å². The molecular weight excluding hydrogens is 593 g/mol. The van der Waals surface area contributed by atoms with Crippen molar-refractivity contribution in [3.05, 3.63) is 120 Å². The number of rotatable bonds is 2. The van der Waals surface area contributed by atoms with Crippen molar-refractivity contribution in [2.24, 2.45) is 0 Å². The lowest BCUT2D eigenvalue weighted by Gasteiger charge is -2.45. The Hall–Kier alpha value is -4.26. The topological polar surface area (TPSA) is 32.7 Å². The molecule has 5 aromatic carbocycles. The van der Waals surface area contributed by atoms with Crippen LogP contribution in [0.3, 0.4) is 0 Å². The van der Waals surface area contributed by atoms with Crippen LogP contribution in [0.15, 0.2) is 114 Å². The summed E-state index contributed by atoms with van der Waals surface area (Å²) in [4.78, 5) is 2.56. The van der Waals surface area contributed by atoms with Crippen molar-refractivity contribution in [1.29, 1.82) is 0 Å². The Kier molecular flexibility index (Phi) is 6.01. The smallest absolute Gasteiger partial charge is 0.250 e. The zero-order valence-electron chi connectivity index (χ0n) is 27.0. The molecule has 0 saturated heterocycles. The Morgan fingerprint density at radius 1 is 0.717 bits per heavy atom. The predicted octanol–water partition coefficient (Wildman–Crippen LogP) is 5.17. The van der Waals surface area contributed by atoms with Gasteiger partial charge >= 0.3 is 0 Å². The lowest BCUT2D eigenvalue weighted by atomic mass is 9.35. The number of para-hydroxylation sites is 1. The summed E-state index contributed by atoms with van der Waals surface area (Å²) in [5, 5.41) is 18.3. The Morgan fingerprint density at radius 2 is 1.50 bits per heavy atom. The Morgan fingerprint density at radius 3 is 2.35 bits per heavy atom. The van der Waals surface area contributed by atoms with Gasteiger partial charge in [-0.2, -0.15) is 0 Å². The molecule has 3 aliphatic heterocycles. The number of hydrogen-bond acceptors (Lipinski definition) is 3. The van der Waals surface area contributed by atoms with Crippen LogP contribution in [0.4, 0.5) is 11.4 Å². The number of benzene rings is 5. The maximum atomic E-state index is 10.9. The second-order valence-electron chi connectivity index (χ2n) is 14.4. The van der Waals surface area contributed by atoms with E-state index in [-0.39, 0.29) is 6.71 Å². The quantitative estimate of drug-likeness (QED) is 0.268. The van der Waals surface area contributed by atoms with Gasteiger partial charge in [-0.1, -0.05) is 107 Å². The van der Waals surface area contributed by atoms with Gasteiger partial charge in [-0.05, 0) is 89.8 Å². The summed E-state index contributed by atoms with van der Waals surface area (Å²) in [5.74, 6) is 2.19. The predicted molar refractivity (Wildman–Crippen MR) is 199 cm³/mol. The van der Waals surface area contributed by atoms with Crippen LogP contribution in [-0.2, 0) is 0 Å². The molecule has 1 unspecified atom stereocenters. The molecule has 9 rings (SSSR count). The fourth-order valence-corrected chi connectivity index (χ4v) is 17.0. The molecule has 0 saturated carbocycles. The molecule has 0 bridgehead atoms. The number of aryl methyl sites for hydroxylation is 1.